The average Bonchev–Trinajstić information content (AvgIpc) is 2.24. The predicted octanol–water partition coefficient (Wildman–Crippen LogP) is 4.31. The van der Waals surface area contributed by atoms with Crippen LogP contribution in [0.15, 0.2) is 0 Å². The Morgan fingerprint density at radius 2 is 1.89 bits per heavy atom. The average molecular weight is 290 g/mol. The monoisotopic (exact) mass is 290 g/mol. The van der Waals surface area contributed by atoms with Crippen LogP contribution in [0.1, 0.15) is 44.1 Å². The summed E-state index contributed by atoms with van der Waals surface area (Å²) in [7, 11) is 0. The maximum atomic E-state index is 13.1. The molecule has 0 saturated carbocycles. The van der Waals surface area contributed by atoms with E-state index in [1.807, 2.05) is 0 Å². The molecule has 1 aromatic heterocycles. The van der Waals surface area contributed by atoms with Crippen LogP contribution < -0.4 is 0 Å². The molecule has 1 aliphatic carbocycles. The Morgan fingerprint density at radius 3 is 2.42 bits per heavy atom. The number of hydrogen-bond acceptors (Lipinski definition) is 2. The molecule has 1 aromatic rings. The van der Waals surface area contributed by atoms with Crippen LogP contribution in [0.3, 0.4) is 0 Å². The van der Waals surface area contributed by atoms with Crippen LogP contribution >= 0.6 is 12.2 Å². The van der Waals surface area contributed by atoms with Gasteiger partial charge in [-0.25, -0.2) is 4.98 Å². The minimum Gasteiger partial charge on any atom is -0.334 e. The molecular formula is C13H17F3N2S. The summed E-state index contributed by atoms with van der Waals surface area (Å²) in [4.78, 5) is 6.32. The molecule has 2 rings (SSSR count). The van der Waals surface area contributed by atoms with Crippen molar-refractivity contribution in [1.29, 1.82) is 0 Å². The maximum absolute atomic E-state index is 13.1. The van der Waals surface area contributed by atoms with Gasteiger partial charge >= 0.3 is 6.18 Å². The van der Waals surface area contributed by atoms with E-state index in [1.54, 1.807) is 0 Å². The number of aromatic amines is 1. The van der Waals surface area contributed by atoms with Gasteiger partial charge in [-0.3, -0.25) is 0 Å². The molecule has 106 valence electrons. The van der Waals surface area contributed by atoms with Gasteiger partial charge in [0.25, 0.3) is 0 Å². The smallest absolute Gasteiger partial charge is 0.334 e. The molecule has 2 nitrogen and oxygen atoms in total. The number of fused-ring (bicyclic) bond motifs is 1. The van der Waals surface area contributed by atoms with Gasteiger partial charge in [0.1, 0.15) is 0 Å². The van der Waals surface area contributed by atoms with E-state index < -0.39 is 11.9 Å². The van der Waals surface area contributed by atoms with E-state index >= 15 is 0 Å². The van der Waals surface area contributed by atoms with Crippen molar-refractivity contribution in [3.05, 3.63) is 21.7 Å². The quantitative estimate of drug-likeness (QED) is 0.721. The van der Waals surface area contributed by atoms with Crippen molar-refractivity contribution in [3.8, 4) is 0 Å². The lowest BCUT2D eigenvalue weighted by Gasteiger charge is -2.35. The Bertz CT molecular complexity index is 540. The van der Waals surface area contributed by atoms with Crippen LogP contribution in [0, 0.1) is 16.1 Å². The molecule has 1 atom stereocenters. The maximum Gasteiger partial charge on any atom is 0.433 e. The summed E-state index contributed by atoms with van der Waals surface area (Å²) in [5, 5.41) is 0. The van der Waals surface area contributed by atoms with E-state index in [0.717, 1.165) is 6.42 Å². The van der Waals surface area contributed by atoms with Crippen molar-refractivity contribution in [3.63, 3.8) is 0 Å². The summed E-state index contributed by atoms with van der Waals surface area (Å²) in [5.74, 6) is 0.229. The van der Waals surface area contributed by atoms with Gasteiger partial charge in [-0.1, -0.05) is 20.8 Å². The van der Waals surface area contributed by atoms with Crippen LogP contribution in [0.2, 0.25) is 0 Å². The van der Waals surface area contributed by atoms with Gasteiger partial charge in [-0.15, -0.1) is 0 Å². The fourth-order valence-electron chi connectivity index (χ4n) is 2.62. The van der Waals surface area contributed by atoms with Gasteiger partial charge in [0.05, 0.1) is 0 Å². The standard InChI is InChI=1S/C13H17F3N2S/c1-12(2,3)7-4-5-9-8(6-7)10(13(14,15)16)18-11(19)17-9/h7H,4-6H2,1-3H3,(H,17,18,19)/t7-/m1/s1. The highest BCUT2D eigenvalue weighted by molar-refractivity contribution is 7.71. The third-order valence-corrected chi connectivity index (χ3v) is 4.00. The first-order valence-electron chi connectivity index (χ1n) is 6.28. The fraction of sp³-hybridized carbons (Fsp3) is 0.692. The lowest BCUT2D eigenvalue weighted by molar-refractivity contribution is -0.142. The molecule has 0 saturated heterocycles. The molecular weight excluding hydrogens is 273 g/mol. The first-order chi connectivity index (χ1) is 8.59. The van der Waals surface area contributed by atoms with Gasteiger partial charge < -0.3 is 4.98 Å². The Kier molecular flexibility index (Phi) is 3.49. The zero-order valence-electron chi connectivity index (χ0n) is 11.2. The largest absolute Gasteiger partial charge is 0.433 e. The van der Waals surface area contributed by atoms with E-state index in [9.17, 15) is 13.2 Å². The number of alkyl halides is 3. The van der Waals surface area contributed by atoms with Gasteiger partial charge in [0.2, 0.25) is 0 Å². The summed E-state index contributed by atoms with van der Waals surface area (Å²) in [5.41, 5.74) is 0.0907. The van der Waals surface area contributed by atoms with Crippen LogP contribution in [0.5, 0.6) is 0 Å². The number of H-pyrrole nitrogens is 1. The van der Waals surface area contributed by atoms with Crippen molar-refractivity contribution in [2.75, 3.05) is 0 Å². The predicted molar refractivity (Wildman–Crippen MR) is 69.4 cm³/mol. The van der Waals surface area contributed by atoms with E-state index in [4.69, 9.17) is 12.2 Å². The number of rotatable bonds is 0. The van der Waals surface area contributed by atoms with Crippen molar-refractivity contribution in [2.45, 2.75) is 46.2 Å². The number of aromatic nitrogens is 2. The van der Waals surface area contributed by atoms with Gasteiger partial charge in [0.15, 0.2) is 10.5 Å². The molecule has 0 unspecified atom stereocenters. The minimum absolute atomic E-state index is 0.00675. The summed E-state index contributed by atoms with van der Waals surface area (Å²) in [6.07, 6.45) is -2.55. The second-order valence-corrected chi connectivity index (χ2v) is 6.54. The number of nitrogens with zero attached hydrogens (tertiary/aromatic N) is 1. The summed E-state index contributed by atoms with van der Waals surface area (Å²) in [6, 6.07) is 0. The molecule has 1 N–H and O–H groups in total. The van der Waals surface area contributed by atoms with Crippen LogP contribution in [0.25, 0.3) is 0 Å². The molecule has 0 aliphatic heterocycles. The van der Waals surface area contributed by atoms with Crippen LogP contribution in [-0.2, 0) is 19.0 Å². The van der Waals surface area contributed by atoms with Crippen LogP contribution in [-0.4, -0.2) is 9.97 Å². The van der Waals surface area contributed by atoms with Crippen LogP contribution in [0.4, 0.5) is 13.2 Å². The molecule has 19 heavy (non-hydrogen) atoms. The van der Waals surface area contributed by atoms with E-state index in [2.05, 4.69) is 30.7 Å². The zero-order valence-corrected chi connectivity index (χ0v) is 12.0. The lowest BCUT2D eigenvalue weighted by Crippen LogP contribution is -2.30. The first-order valence-corrected chi connectivity index (χ1v) is 6.69. The first kappa shape index (κ1) is 14.5. The van der Waals surface area contributed by atoms with E-state index in [-0.39, 0.29) is 16.1 Å². The molecule has 0 fully saturated rings. The van der Waals surface area contributed by atoms with Gasteiger partial charge in [-0.2, -0.15) is 13.2 Å². The molecule has 0 amide bonds. The Hall–Kier alpha value is -0.910. The number of halogens is 3. The number of hydrogen-bond donors (Lipinski definition) is 1. The Labute approximate surface area is 115 Å². The topological polar surface area (TPSA) is 28.7 Å². The molecule has 1 aliphatic rings. The number of nitrogens with one attached hydrogen (secondary N) is 1. The van der Waals surface area contributed by atoms with Crippen molar-refractivity contribution in [2.24, 2.45) is 11.3 Å². The van der Waals surface area contributed by atoms with Gasteiger partial charge in [0, 0.05) is 11.3 Å². The lowest BCUT2D eigenvalue weighted by atomic mass is 9.71. The second-order valence-electron chi connectivity index (χ2n) is 6.15. The molecule has 0 bridgehead atoms. The third kappa shape index (κ3) is 2.99. The fourth-order valence-corrected chi connectivity index (χ4v) is 2.83. The van der Waals surface area contributed by atoms with Crippen molar-refractivity contribution >= 4 is 12.2 Å². The summed E-state index contributed by atoms with van der Waals surface area (Å²) in [6.45, 7) is 6.19. The van der Waals surface area contributed by atoms with Crippen molar-refractivity contribution < 1.29 is 13.2 Å². The summed E-state index contributed by atoms with van der Waals surface area (Å²) >= 11 is 4.79. The SMILES string of the molecule is CC(C)(C)[C@@H]1CCc2[nH]c(=S)nc(C(F)(F)F)c2C1. The molecule has 0 aromatic carbocycles. The Balaban J connectivity index is 2.51. The molecule has 6 heteroatoms. The molecule has 1 heterocycles. The third-order valence-electron chi connectivity index (χ3n) is 3.81. The second kappa shape index (κ2) is 4.58. The molecule has 0 spiro atoms. The Morgan fingerprint density at radius 1 is 1.26 bits per heavy atom. The minimum atomic E-state index is -4.44. The van der Waals surface area contributed by atoms with E-state index in [0.29, 0.717) is 24.1 Å². The van der Waals surface area contributed by atoms with Crippen molar-refractivity contribution in [1.82, 2.24) is 9.97 Å². The normalized spacial score (nSPS) is 20.2. The highest BCUT2D eigenvalue weighted by Gasteiger charge is 2.40. The zero-order chi connectivity index (χ0) is 14.4. The molecule has 0 radical (unpaired) electrons. The van der Waals surface area contributed by atoms with E-state index in [1.165, 1.54) is 0 Å². The number of aryl methyl sites for hydroxylation is 1. The highest BCUT2D eigenvalue weighted by Crippen LogP contribution is 2.40. The highest BCUT2D eigenvalue weighted by atomic mass is 32.1. The summed E-state index contributed by atoms with van der Waals surface area (Å²) < 4.78 is 39.1. The van der Waals surface area contributed by atoms with Gasteiger partial charge in [-0.05, 0) is 42.8 Å².